The van der Waals surface area contributed by atoms with Crippen molar-refractivity contribution in [1.29, 1.82) is 0 Å². The summed E-state index contributed by atoms with van der Waals surface area (Å²) in [5.41, 5.74) is 1.25. The minimum atomic E-state index is -0.448. The fourth-order valence-electron chi connectivity index (χ4n) is 7.27. The van der Waals surface area contributed by atoms with Crippen LogP contribution in [0.25, 0.3) is 0 Å². The van der Waals surface area contributed by atoms with Gasteiger partial charge in [-0.2, -0.15) is 0 Å². The van der Waals surface area contributed by atoms with Crippen LogP contribution in [-0.2, 0) is 14.3 Å². The molecule has 3 saturated carbocycles. The van der Waals surface area contributed by atoms with Crippen LogP contribution < -0.4 is 0 Å². The molecule has 1 radical (unpaired) electrons. The van der Waals surface area contributed by atoms with Gasteiger partial charge < -0.3 is 14.6 Å². The minimum absolute atomic E-state index is 0. The van der Waals surface area contributed by atoms with Crippen LogP contribution in [-0.4, -0.2) is 36.0 Å². The number of ether oxygens (including phenoxy) is 2. The summed E-state index contributed by atoms with van der Waals surface area (Å²) in [5.74, 6) is 0.740. The van der Waals surface area contributed by atoms with Gasteiger partial charge in [0.15, 0.2) is 11.6 Å². The SMILES string of the molecule is C[C@]12CC[C@H](O)CC1=CC(=O)C1C2CC[C@@]2(C)C1CCC21OCCO1.[Ac]. The molecular weight excluding hydrogens is 543 g/mol. The maximum Gasteiger partial charge on any atom is 0.174 e. The van der Waals surface area contributed by atoms with Crippen LogP contribution in [0.15, 0.2) is 11.6 Å². The van der Waals surface area contributed by atoms with Gasteiger partial charge >= 0.3 is 0 Å². The molecule has 4 fully saturated rings. The van der Waals surface area contributed by atoms with E-state index in [0.717, 1.165) is 38.5 Å². The Morgan fingerprint density at radius 3 is 2.46 bits per heavy atom. The molecule has 141 valence electrons. The third-order valence-electron chi connectivity index (χ3n) is 8.72. The van der Waals surface area contributed by atoms with E-state index in [2.05, 4.69) is 13.8 Å². The van der Waals surface area contributed by atoms with E-state index in [1.54, 1.807) is 0 Å². The zero-order valence-corrected chi connectivity index (χ0v) is 20.7. The predicted octanol–water partition coefficient (Wildman–Crippen LogP) is 3.23. The molecule has 1 N–H and O–H groups in total. The molecule has 5 rings (SSSR count). The number of hydrogen-bond donors (Lipinski definition) is 1. The molecule has 4 aliphatic carbocycles. The maximum atomic E-state index is 13.2. The van der Waals surface area contributed by atoms with Crippen molar-refractivity contribution >= 4 is 5.78 Å². The van der Waals surface area contributed by atoms with E-state index in [9.17, 15) is 9.90 Å². The van der Waals surface area contributed by atoms with Crippen LogP contribution in [0.1, 0.15) is 58.8 Å². The molecule has 1 aliphatic heterocycles. The van der Waals surface area contributed by atoms with Crippen LogP contribution >= 0.6 is 0 Å². The van der Waals surface area contributed by atoms with Crippen molar-refractivity contribution in [2.24, 2.45) is 28.6 Å². The third-order valence-corrected chi connectivity index (χ3v) is 8.72. The Hall–Kier alpha value is 0.732. The maximum absolute atomic E-state index is 13.2. The second-order valence-corrected chi connectivity index (χ2v) is 9.57. The Balaban J connectivity index is 0.00000168. The largest absolute Gasteiger partial charge is 0.393 e. The van der Waals surface area contributed by atoms with Crippen LogP contribution in [0.3, 0.4) is 0 Å². The summed E-state index contributed by atoms with van der Waals surface area (Å²) in [7, 11) is 0. The van der Waals surface area contributed by atoms with E-state index in [-0.39, 0.29) is 66.9 Å². The van der Waals surface area contributed by atoms with Gasteiger partial charge in [0.2, 0.25) is 0 Å². The zero-order valence-electron chi connectivity index (χ0n) is 16.0. The molecule has 0 aromatic rings. The first kappa shape index (κ1) is 20.0. The van der Waals surface area contributed by atoms with Crippen molar-refractivity contribution in [2.45, 2.75) is 70.7 Å². The number of aliphatic hydroxyl groups is 1. The van der Waals surface area contributed by atoms with Gasteiger partial charge in [-0.1, -0.05) is 19.4 Å². The summed E-state index contributed by atoms with van der Waals surface area (Å²) in [6.07, 6.45) is 8.31. The first-order valence-electron chi connectivity index (χ1n) is 10.1. The molecule has 3 unspecified atom stereocenters. The molecule has 5 heteroatoms. The Kier molecular flexibility index (Phi) is 5.10. The predicted molar refractivity (Wildman–Crippen MR) is 92.7 cm³/mol. The Bertz CT molecular complexity index is 640. The Labute approximate surface area is 192 Å². The second-order valence-electron chi connectivity index (χ2n) is 9.57. The topological polar surface area (TPSA) is 55.8 Å². The van der Waals surface area contributed by atoms with E-state index in [0.29, 0.717) is 37.3 Å². The number of carbonyl (C=O) groups is 1. The van der Waals surface area contributed by atoms with E-state index >= 15 is 0 Å². The van der Waals surface area contributed by atoms with Gasteiger partial charge in [0.1, 0.15) is 0 Å². The van der Waals surface area contributed by atoms with Crippen LogP contribution in [0.2, 0.25) is 0 Å². The average Bonchev–Trinajstić information content (AvgIpc) is 3.17. The monoisotopic (exact) mass is 573 g/mol. The first-order chi connectivity index (χ1) is 11.9. The smallest absolute Gasteiger partial charge is 0.174 e. The summed E-state index contributed by atoms with van der Waals surface area (Å²) >= 11 is 0. The summed E-state index contributed by atoms with van der Waals surface area (Å²) in [4.78, 5) is 13.2. The van der Waals surface area contributed by atoms with Gasteiger partial charge in [0, 0.05) is 61.8 Å². The number of fused-ring (bicyclic) bond motifs is 6. The van der Waals surface area contributed by atoms with Crippen molar-refractivity contribution in [1.82, 2.24) is 0 Å². The van der Waals surface area contributed by atoms with Crippen molar-refractivity contribution in [2.75, 3.05) is 13.2 Å². The number of ketones is 1. The van der Waals surface area contributed by atoms with Crippen molar-refractivity contribution < 1.29 is 63.4 Å². The molecular formula is C21H30AcO4. The van der Waals surface area contributed by atoms with Gasteiger partial charge in [-0.15, -0.1) is 0 Å². The number of allylic oxidation sites excluding steroid dienone is 1. The zero-order chi connectivity index (χ0) is 17.4. The molecule has 0 aromatic carbocycles. The molecule has 5 aliphatic rings. The summed E-state index contributed by atoms with van der Waals surface area (Å²) in [5, 5.41) is 10.1. The van der Waals surface area contributed by atoms with Crippen molar-refractivity contribution in [3.63, 3.8) is 0 Å². The molecule has 0 bridgehead atoms. The molecule has 1 saturated heterocycles. The molecule has 0 aromatic heterocycles. The molecule has 1 spiro atoms. The fraction of sp³-hybridized carbons (Fsp3) is 0.857. The van der Waals surface area contributed by atoms with Crippen LogP contribution in [0, 0.1) is 72.6 Å². The van der Waals surface area contributed by atoms with Gasteiger partial charge in [-0.25, -0.2) is 0 Å². The van der Waals surface area contributed by atoms with Crippen molar-refractivity contribution in [3.05, 3.63) is 11.6 Å². The summed E-state index contributed by atoms with van der Waals surface area (Å²) < 4.78 is 12.3. The summed E-state index contributed by atoms with van der Waals surface area (Å²) in [6, 6.07) is 0. The molecule has 0 amide bonds. The fourth-order valence-corrected chi connectivity index (χ4v) is 7.27. The van der Waals surface area contributed by atoms with Gasteiger partial charge in [0.05, 0.1) is 19.3 Å². The van der Waals surface area contributed by atoms with Crippen LogP contribution in [0.5, 0.6) is 0 Å². The minimum Gasteiger partial charge on any atom is -0.393 e. The summed E-state index contributed by atoms with van der Waals surface area (Å²) in [6.45, 7) is 6.03. The van der Waals surface area contributed by atoms with Gasteiger partial charge in [0.25, 0.3) is 0 Å². The number of carbonyl (C=O) groups excluding carboxylic acids is 1. The molecule has 6 atom stereocenters. The van der Waals surface area contributed by atoms with Gasteiger partial charge in [-0.05, 0) is 61.9 Å². The first-order valence-corrected chi connectivity index (χ1v) is 10.1. The number of aliphatic hydroxyl groups excluding tert-OH is 1. The second kappa shape index (κ2) is 6.63. The van der Waals surface area contributed by atoms with E-state index in [1.165, 1.54) is 5.57 Å². The quantitative estimate of drug-likeness (QED) is 0.484. The van der Waals surface area contributed by atoms with Crippen molar-refractivity contribution in [3.8, 4) is 0 Å². The Morgan fingerprint density at radius 2 is 1.73 bits per heavy atom. The van der Waals surface area contributed by atoms with E-state index in [1.807, 2.05) is 6.08 Å². The average molecular weight is 573 g/mol. The standard InChI is InChI=1S/C21H30O4.Ac/c1-19-6-3-14(22)11-13(19)12-17(23)18-15(19)4-7-20(2)16(18)5-8-21(20)24-9-10-25-21;/h12,14-16,18,22H,3-11H2,1-2H3;/t14-,15?,16?,18?,19-,20-;/m0./s1. The number of rotatable bonds is 0. The number of hydrogen-bond acceptors (Lipinski definition) is 4. The third kappa shape index (κ3) is 2.49. The molecule has 26 heavy (non-hydrogen) atoms. The van der Waals surface area contributed by atoms with Crippen LogP contribution in [0.4, 0.5) is 0 Å². The Morgan fingerprint density at radius 1 is 1.04 bits per heavy atom. The molecule has 1 heterocycles. The molecule has 4 nitrogen and oxygen atoms in total. The van der Waals surface area contributed by atoms with Gasteiger partial charge in [-0.3, -0.25) is 4.79 Å². The van der Waals surface area contributed by atoms with E-state index < -0.39 is 5.79 Å². The normalized spacial score (nSPS) is 49.0. The van der Waals surface area contributed by atoms with E-state index in [4.69, 9.17) is 9.47 Å².